The second-order valence-electron chi connectivity index (χ2n) is 7.05. The van der Waals surface area contributed by atoms with Gasteiger partial charge in [-0.25, -0.2) is 0 Å². The van der Waals surface area contributed by atoms with E-state index in [1.165, 1.54) is 44.1 Å². The molecule has 0 saturated heterocycles. The summed E-state index contributed by atoms with van der Waals surface area (Å²) in [7, 11) is 2.12. The van der Waals surface area contributed by atoms with E-state index in [0.717, 1.165) is 19.4 Å². The van der Waals surface area contributed by atoms with E-state index in [9.17, 15) is 4.79 Å². The number of nitrogens with zero attached hydrogens (tertiary/aromatic N) is 1. The van der Waals surface area contributed by atoms with Gasteiger partial charge in [-0.1, -0.05) is 68.5 Å². The van der Waals surface area contributed by atoms with Crippen LogP contribution in [0, 0.1) is 0 Å². The van der Waals surface area contributed by atoms with E-state index >= 15 is 0 Å². The quantitative estimate of drug-likeness (QED) is 0.227. The van der Waals surface area contributed by atoms with Crippen LogP contribution in [0.2, 0.25) is 0 Å². The highest BCUT2D eigenvalue weighted by atomic mass is 16.5. The maximum atomic E-state index is 12.0. The number of hydrogen-bond acceptors (Lipinski definition) is 3. The maximum Gasteiger partial charge on any atom is 0.307 e. The highest BCUT2D eigenvalue weighted by Gasteiger charge is 2.19. The van der Waals surface area contributed by atoms with Gasteiger partial charge in [0, 0.05) is 12.6 Å². The van der Waals surface area contributed by atoms with E-state index in [4.69, 9.17) is 4.74 Å². The van der Waals surface area contributed by atoms with Gasteiger partial charge >= 0.3 is 5.97 Å². The summed E-state index contributed by atoms with van der Waals surface area (Å²) in [6.07, 6.45) is 12.2. The fourth-order valence-electron chi connectivity index (χ4n) is 3.27. The summed E-state index contributed by atoms with van der Waals surface area (Å²) in [5, 5.41) is 0. The molecule has 0 fully saturated rings. The number of benzene rings is 1. The molecule has 1 rings (SSSR count). The molecule has 0 aliphatic carbocycles. The Bertz CT molecular complexity index is 486. The first-order chi connectivity index (χ1) is 12.7. The Balaban J connectivity index is 2.40. The second-order valence-corrected chi connectivity index (χ2v) is 7.05. The van der Waals surface area contributed by atoms with Crippen molar-refractivity contribution in [2.75, 3.05) is 13.7 Å². The molecule has 3 nitrogen and oxygen atoms in total. The lowest BCUT2D eigenvalue weighted by Crippen LogP contribution is -2.33. The number of rotatable bonds is 15. The molecule has 0 heterocycles. The molecule has 0 aliphatic rings. The zero-order valence-corrected chi connectivity index (χ0v) is 16.8. The summed E-state index contributed by atoms with van der Waals surface area (Å²) in [6, 6.07) is 10.7. The Morgan fingerprint density at radius 3 is 2.42 bits per heavy atom. The van der Waals surface area contributed by atoms with Crippen molar-refractivity contribution >= 4 is 5.97 Å². The van der Waals surface area contributed by atoms with Crippen molar-refractivity contribution in [2.45, 2.75) is 77.3 Å². The number of unbranched alkanes of at least 4 members (excludes halogenated alkanes) is 6. The smallest absolute Gasteiger partial charge is 0.307 e. The predicted molar refractivity (Wildman–Crippen MR) is 110 cm³/mol. The molecule has 1 unspecified atom stereocenters. The van der Waals surface area contributed by atoms with Crippen molar-refractivity contribution in [2.24, 2.45) is 0 Å². The van der Waals surface area contributed by atoms with Crippen LogP contribution in [0.3, 0.4) is 0 Å². The highest BCUT2D eigenvalue weighted by Crippen LogP contribution is 2.17. The van der Waals surface area contributed by atoms with Gasteiger partial charge in [0.2, 0.25) is 0 Å². The molecule has 3 heteroatoms. The molecule has 26 heavy (non-hydrogen) atoms. The Morgan fingerprint density at radius 1 is 1.12 bits per heavy atom. The van der Waals surface area contributed by atoms with Gasteiger partial charge in [-0.15, -0.1) is 6.58 Å². The first-order valence-corrected chi connectivity index (χ1v) is 10.2. The van der Waals surface area contributed by atoms with Crippen LogP contribution in [-0.4, -0.2) is 30.6 Å². The minimum absolute atomic E-state index is 0.0816. The van der Waals surface area contributed by atoms with Gasteiger partial charge in [0.1, 0.15) is 0 Å². The van der Waals surface area contributed by atoms with Gasteiger partial charge in [-0.2, -0.15) is 0 Å². The highest BCUT2D eigenvalue weighted by molar-refractivity contribution is 5.70. The second kappa shape index (κ2) is 14.5. The topological polar surface area (TPSA) is 29.5 Å². The SMILES string of the molecule is C=CCCCCCCCCC(CC(=O)OCC)N(C)Cc1ccccc1. The number of ether oxygens (including phenoxy) is 1. The van der Waals surface area contributed by atoms with Gasteiger partial charge in [-0.3, -0.25) is 9.69 Å². The van der Waals surface area contributed by atoms with Gasteiger partial charge in [-0.05, 0) is 38.8 Å². The van der Waals surface area contributed by atoms with E-state index in [1.54, 1.807) is 0 Å². The average molecular weight is 360 g/mol. The van der Waals surface area contributed by atoms with Gasteiger partial charge in [0.05, 0.1) is 13.0 Å². The Kier molecular flexibility index (Phi) is 12.6. The summed E-state index contributed by atoms with van der Waals surface area (Å²) in [4.78, 5) is 14.3. The van der Waals surface area contributed by atoms with Crippen LogP contribution in [-0.2, 0) is 16.1 Å². The van der Waals surface area contributed by atoms with Gasteiger partial charge in [0.25, 0.3) is 0 Å². The lowest BCUT2D eigenvalue weighted by atomic mass is 10.0. The standard InChI is InChI=1S/C23H37NO2/c1-4-6-7-8-9-10-11-15-18-22(19-23(25)26-5-2)24(3)20-21-16-13-12-14-17-21/h4,12-14,16-17,22H,1,5-11,15,18-20H2,2-3H3. The van der Waals surface area contributed by atoms with Crippen LogP contribution in [0.1, 0.15) is 70.3 Å². The average Bonchev–Trinajstić information content (AvgIpc) is 2.64. The number of hydrogen-bond donors (Lipinski definition) is 0. The molecule has 0 N–H and O–H groups in total. The van der Waals surface area contributed by atoms with E-state index in [0.29, 0.717) is 13.0 Å². The molecule has 0 aromatic heterocycles. The molecule has 1 aromatic rings. The van der Waals surface area contributed by atoms with Crippen molar-refractivity contribution in [3.8, 4) is 0 Å². The van der Waals surface area contributed by atoms with Crippen LogP contribution in [0.4, 0.5) is 0 Å². The van der Waals surface area contributed by atoms with Crippen molar-refractivity contribution in [3.63, 3.8) is 0 Å². The molecule has 0 spiro atoms. The monoisotopic (exact) mass is 359 g/mol. The Morgan fingerprint density at radius 2 is 1.77 bits per heavy atom. The molecule has 0 amide bonds. The molecule has 0 aliphatic heterocycles. The molecule has 1 atom stereocenters. The zero-order chi connectivity index (χ0) is 19.0. The number of carbonyl (C=O) groups excluding carboxylic acids is 1. The summed E-state index contributed by atoms with van der Waals surface area (Å²) in [6.45, 7) is 6.96. The number of carbonyl (C=O) groups is 1. The lowest BCUT2D eigenvalue weighted by molar-refractivity contribution is -0.144. The van der Waals surface area contributed by atoms with Gasteiger partial charge in [0.15, 0.2) is 0 Å². The van der Waals surface area contributed by atoms with Crippen LogP contribution < -0.4 is 0 Å². The predicted octanol–water partition coefficient (Wildman–Crippen LogP) is 5.75. The largest absolute Gasteiger partial charge is 0.466 e. The number of esters is 1. The van der Waals surface area contributed by atoms with Crippen LogP contribution >= 0.6 is 0 Å². The zero-order valence-electron chi connectivity index (χ0n) is 16.8. The molecule has 146 valence electrons. The minimum atomic E-state index is -0.0816. The summed E-state index contributed by atoms with van der Waals surface area (Å²) < 4.78 is 5.18. The lowest BCUT2D eigenvalue weighted by Gasteiger charge is -2.27. The summed E-state index contributed by atoms with van der Waals surface area (Å²) >= 11 is 0. The molecular weight excluding hydrogens is 322 g/mol. The van der Waals surface area contributed by atoms with Crippen LogP contribution in [0.5, 0.6) is 0 Å². The molecule has 1 aromatic carbocycles. The van der Waals surface area contributed by atoms with Crippen molar-refractivity contribution in [1.29, 1.82) is 0 Å². The normalized spacial score (nSPS) is 12.1. The van der Waals surface area contributed by atoms with Crippen molar-refractivity contribution in [1.82, 2.24) is 4.90 Å². The van der Waals surface area contributed by atoms with E-state index in [1.807, 2.05) is 19.1 Å². The van der Waals surface area contributed by atoms with E-state index < -0.39 is 0 Å². The minimum Gasteiger partial charge on any atom is -0.466 e. The fraction of sp³-hybridized carbons (Fsp3) is 0.609. The molecule has 0 saturated carbocycles. The summed E-state index contributed by atoms with van der Waals surface area (Å²) in [5.74, 6) is -0.0816. The molecular formula is C23H37NO2. The third-order valence-corrected chi connectivity index (χ3v) is 4.80. The first-order valence-electron chi connectivity index (χ1n) is 10.2. The van der Waals surface area contributed by atoms with Gasteiger partial charge < -0.3 is 4.74 Å². The molecule has 0 radical (unpaired) electrons. The fourth-order valence-corrected chi connectivity index (χ4v) is 3.27. The van der Waals surface area contributed by atoms with E-state index in [2.05, 4.69) is 42.8 Å². The molecule has 0 bridgehead atoms. The van der Waals surface area contributed by atoms with Crippen molar-refractivity contribution in [3.05, 3.63) is 48.6 Å². The third-order valence-electron chi connectivity index (χ3n) is 4.80. The van der Waals surface area contributed by atoms with Crippen LogP contribution in [0.15, 0.2) is 43.0 Å². The first kappa shape index (κ1) is 22.4. The summed E-state index contributed by atoms with van der Waals surface area (Å²) in [5.41, 5.74) is 1.28. The van der Waals surface area contributed by atoms with Crippen molar-refractivity contribution < 1.29 is 9.53 Å². The Labute approximate surface area is 160 Å². The maximum absolute atomic E-state index is 12.0. The Hall–Kier alpha value is -1.61. The van der Waals surface area contributed by atoms with E-state index in [-0.39, 0.29) is 12.0 Å². The third kappa shape index (κ3) is 10.4. The van der Waals surface area contributed by atoms with Crippen LogP contribution in [0.25, 0.3) is 0 Å². The number of allylic oxidation sites excluding steroid dienone is 1.